The zero-order valence-corrected chi connectivity index (χ0v) is 19.7. The predicted molar refractivity (Wildman–Crippen MR) is 127 cm³/mol. The Hall–Kier alpha value is -2.68. The summed E-state index contributed by atoms with van der Waals surface area (Å²) in [6, 6.07) is 14.3. The SMILES string of the molecule is Cc1cc(C)c(S(=O)(=O)N[C@H](C)CNC(=O)c2ccc(-c3cccc(N)c3)s2)c(C)c1. The van der Waals surface area contributed by atoms with Gasteiger partial charge in [0.25, 0.3) is 5.91 Å². The molecule has 31 heavy (non-hydrogen) atoms. The highest BCUT2D eigenvalue weighted by Crippen LogP contribution is 2.29. The first-order valence-electron chi connectivity index (χ1n) is 9.91. The van der Waals surface area contributed by atoms with Gasteiger partial charge < -0.3 is 11.1 Å². The molecule has 0 unspecified atom stereocenters. The van der Waals surface area contributed by atoms with Crippen LogP contribution in [-0.4, -0.2) is 26.9 Å². The normalized spacial score (nSPS) is 12.5. The molecule has 0 bridgehead atoms. The van der Waals surface area contributed by atoms with E-state index < -0.39 is 16.1 Å². The maximum absolute atomic E-state index is 12.9. The fourth-order valence-electron chi connectivity index (χ4n) is 3.60. The Bertz CT molecular complexity index is 1190. The van der Waals surface area contributed by atoms with E-state index in [1.54, 1.807) is 26.8 Å². The topological polar surface area (TPSA) is 101 Å². The van der Waals surface area contributed by atoms with Gasteiger partial charge >= 0.3 is 0 Å². The molecule has 0 fully saturated rings. The number of carbonyl (C=O) groups excluding carboxylic acids is 1. The summed E-state index contributed by atoms with van der Waals surface area (Å²) >= 11 is 1.36. The Kier molecular flexibility index (Phi) is 6.83. The van der Waals surface area contributed by atoms with Crippen molar-refractivity contribution in [2.45, 2.75) is 38.6 Å². The number of thiophene rings is 1. The van der Waals surface area contributed by atoms with Crippen molar-refractivity contribution in [3.05, 3.63) is 70.1 Å². The van der Waals surface area contributed by atoms with Crippen molar-refractivity contribution in [3.63, 3.8) is 0 Å². The lowest BCUT2D eigenvalue weighted by Crippen LogP contribution is -2.42. The van der Waals surface area contributed by atoms with E-state index in [-0.39, 0.29) is 12.5 Å². The number of hydrogen-bond acceptors (Lipinski definition) is 5. The molecule has 0 radical (unpaired) electrons. The van der Waals surface area contributed by atoms with Crippen LogP contribution in [0.1, 0.15) is 33.3 Å². The number of aryl methyl sites for hydroxylation is 3. The highest BCUT2D eigenvalue weighted by Gasteiger charge is 2.22. The molecule has 1 atom stereocenters. The molecule has 0 saturated heterocycles. The average molecular weight is 458 g/mol. The zero-order chi connectivity index (χ0) is 22.8. The van der Waals surface area contributed by atoms with E-state index in [1.807, 2.05) is 49.4 Å². The lowest BCUT2D eigenvalue weighted by Gasteiger charge is -2.18. The maximum atomic E-state index is 12.9. The standard InChI is InChI=1S/C23H27N3O3S2/c1-14-10-15(2)22(16(3)11-14)31(28,29)26-17(4)13-25-23(27)21-9-8-20(30-21)18-6-5-7-19(24)12-18/h5-12,17,26H,13,24H2,1-4H3,(H,25,27)/t17-/m1/s1. The van der Waals surface area contributed by atoms with E-state index in [1.165, 1.54) is 11.3 Å². The lowest BCUT2D eigenvalue weighted by molar-refractivity contribution is 0.0955. The Morgan fingerprint density at radius 3 is 2.39 bits per heavy atom. The summed E-state index contributed by atoms with van der Waals surface area (Å²) in [5, 5.41) is 2.81. The molecule has 0 aliphatic rings. The van der Waals surface area contributed by atoms with Gasteiger partial charge in [-0.3, -0.25) is 4.79 Å². The Balaban J connectivity index is 1.63. The van der Waals surface area contributed by atoms with Crippen molar-refractivity contribution in [3.8, 4) is 10.4 Å². The average Bonchev–Trinajstić information content (AvgIpc) is 3.15. The van der Waals surface area contributed by atoms with E-state index in [0.29, 0.717) is 26.6 Å². The van der Waals surface area contributed by atoms with Gasteiger partial charge in [0.05, 0.1) is 9.77 Å². The quantitative estimate of drug-likeness (QED) is 0.467. The second-order valence-corrected chi connectivity index (χ2v) is 10.5. The molecule has 2 aromatic carbocycles. The summed E-state index contributed by atoms with van der Waals surface area (Å²) in [7, 11) is -3.70. The van der Waals surface area contributed by atoms with Gasteiger partial charge in [-0.1, -0.05) is 29.8 Å². The Morgan fingerprint density at radius 2 is 1.74 bits per heavy atom. The van der Waals surface area contributed by atoms with E-state index in [4.69, 9.17) is 5.73 Å². The lowest BCUT2D eigenvalue weighted by atomic mass is 10.1. The zero-order valence-electron chi connectivity index (χ0n) is 18.0. The van der Waals surface area contributed by atoms with Gasteiger partial charge in [0.2, 0.25) is 10.0 Å². The van der Waals surface area contributed by atoms with Crippen molar-refractivity contribution < 1.29 is 13.2 Å². The highest BCUT2D eigenvalue weighted by molar-refractivity contribution is 7.89. The maximum Gasteiger partial charge on any atom is 0.261 e. The molecule has 6 nitrogen and oxygen atoms in total. The predicted octanol–water partition coefficient (Wildman–Crippen LogP) is 4.02. The molecule has 1 aromatic heterocycles. The number of anilines is 1. The van der Waals surface area contributed by atoms with Crippen molar-refractivity contribution in [2.24, 2.45) is 0 Å². The Labute approximate surface area is 187 Å². The van der Waals surface area contributed by atoms with Crippen molar-refractivity contribution in [2.75, 3.05) is 12.3 Å². The second-order valence-electron chi connectivity index (χ2n) is 7.75. The smallest absolute Gasteiger partial charge is 0.261 e. The number of rotatable bonds is 7. The number of nitrogens with one attached hydrogen (secondary N) is 2. The van der Waals surface area contributed by atoms with Gasteiger partial charge in [-0.25, -0.2) is 13.1 Å². The second kappa shape index (κ2) is 9.21. The Morgan fingerprint density at radius 1 is 1.06 bits per heavy atom. The van der Waals surface area contributed by atoms with Crippen molar-refractivity contribution in [1.29, 1.82) is 0 Å². The fourth-order valence-corrected chi connectivity index (χ4v) is 6.21. The van der Waals surface area contributed by atoms with Crippen LogP contribution in [0.25, 0.3) is 10.4 Å². The molecule has 0 spiro atoms. The van der Waals surface area contributed by atoms with Crippen LogP contribution in [0.2, 0.25) is 0 Å². The summed E-state index contributed by atoms with van der Waals surface area (Å²) < 4.78 is 28.4. The number of nitrogens with two attached hydrogens (primary N) is 1. The summed E-state index contributed by atoms with van der Waals surface area (Å²) in [4.78, 5) is 14.3. The van der Waals surface area contributed by atoms with Crippen LogP contribution in [0, 0.1) is 20.8 Å². The van der Waals surface area contributed by atoms with Crippen LogP contribution < -0.4 is 15.8 Å². The molecule has 0 saturated carbocycles. The summed E-state index contributed by atoms with van der Waals surface area (Å²) in [5.41, 5.74) is 9.87. The van der Waals surface area contributed by atoms with Crippen LogP contribution in [0.5, 0.6) is 0 Å². The van der Waals surface area contributed by atoms with Crippen LogP contribution >= 0.6 is 11.3 Å². The van der Waals surface area contributed by atoms with Gasteiger partial charge in [0.15, 0.2) is 0 Å². The molecular formula is C23H27N3O3S2. The minimum absolute atomic E-state index is 0.174. The first kappa shape index (κ1) is 23.0. The summed E-state index contributed by atoms with van der Waals surface area (Å²) in [6.45, 7) is 7.41. The molecule has 0 aliphatic carbocycles. The van der Waals surface area contributed by atoms with Crippen LogP contribution in [-0.2, 0) is 10.0 Å². The molecule has 1 heterocycles. The monoisotopic (exact) mass is 457 g/mol. The van der Waals surface area contributed by atoms with Gasteiger partial charge in [-0.2, -0.15) is 0 Å². The van der Waals surface area contributed by atoms with Crippen LogP contribution in [0.3, 0.4) is 0 Å². The van der Waals surface area contributed by atoms with Crippen molar-refractivity contribution in [1.82, 2.24) is 10.0 Å². The largest absolute Gasteiger partial charge is 0.399 e. The molecule has 0 aliphatic heterocycles. The van der Waals surface area contributed by atoms with Crippen LogP contribution in [0.15, 0.2) is 53.4 Å². The van der Waals surface area contributed by atoms with Gasteiger partial charge in [0.1, 0.15) is 0 Å². The molecule has 164 valence electrons. The first-order chi connectivity index (χ1) is 14.6. The van der Waals surface area contributed by atoms with Gasteiger partial charge in [-0.15, -0.1) is 11.3 Å². The number of sulfonamides is 1. The minimum Gasteiger partial charge on any atom is -0.399 e. The van der Waals surface area contributed by atoms with Crippen LogP contribution in [0.4, 0.5) is 5.69 Å². The molecule has 3 aromatic rings. The fraction of sp³-hybridized carbons (Fsp3) is 0.261. The number of benzene rings is 2. The third-order valence-electron chi connectivity index (χ3n) is 4.80. The number of carbonyl (C=O) groups is 1. The van der Waals surface area contributed by atoms with E-state index in [9.17, 15) is 13.2 Å². The summed E-state index contributed by atoms with van der Waals surface area (Å²) in [5.74, 6) is -0.242. The third-order valence-corrected chi connectivity index (χ3v) is 7.83. The van der Waals surface area contributed by atoms with Gasteiger partial charge in [0, 0.05) is 23.2 Å². The molecule has 1 amide bonds. The number of amides is 1. The van der Waals surface area contributed by atoms with E-state index in [0.717, 1.165) is 16.0 Å². The number of hydrogen-bond donors (Lipinski definition) is 3. The highest BCUT2D eigenvalue weighted by atomic mass is 32.2. The molecule has 8 heteroatoms. The minimum atomic E-state index is -3.70. The van der Waals surface area contributed by atoms with Crippen molar-refractivity contribution >= 4 is 33.0 Å². The third kappa shape index (κ3) is 5.52. The van der Waals surface area contributed by atoms with Gasteiger partial charge in [-0.05, 0) is 68.7 Å². The molecular weight excluding hydrogens is 430 g/mol. The van der Waals surface area contributed by atoms with E-state index >= 15 is 0 Å². The molecule has 4 N–H and O–H groups in total. The van der Waals surface area contributed by atoms with E-state index in [2.05, 4.69) is 10.0 Å². The summed E-state index contributed by atoms with van der Waals surface area (Å²) in [6.07, 6.45) is 0. The number of nitrogen functional groups attached to an aromatic ring is 1. The first-order valence-corrected chi connectivity index (χ1v) is 12.2. The molecule has 3 rings (SSSR count).